The molecule has 0 spiro atoms. The fourth-order valence-electron chi connectivity index (χ4n) is 1.98. The quantitative estimate of drug-likeness (QED) is 0.332. The summed E-state index contributed by atoms with van der Waals surface area (Å²) in [6.45, 7) is 0.186. The van der Waals surface area contributed by atoms with Crippen LogP contribution in [0, 0.1) is 0 Å². The van der Waals surface area contributed by atoms with Crippen molar-refractivity contribution < 1.29 is 14.3 Å². The zero-order chi connectivity index (χ0) is 16.5. The van der Waals surface area contributed by atoms with Crippen LogP contribution in [-0.4, -0.2) is 18.0 Å². The van der Waals surface area contributed by atoms with Crippen molar-refractivity contribution in [2.45, 2.75) is 17.9 Å². The molecule has 0 saturated carbocycles. The van der Waals surface area contributed by atoms with E-state index in [0.717, 1.165) is 16.0 Å². The lowest BCUT2D eigenvalue weighted by Gasteiger charge is -2.03. The van der Waals surface area contributed by atoms with Crippen LogP contribution >= 0.6 is 11.8 Å². The minimum Gasteiger partial charge on any atom is -0.460 e. The van der Waals surface area contributed by atoms with Crippen molar-refractivity contribution in [3.8, 4) is 0 Å². The Bertz CT molecular complexity index is 693. The first kappa shape index (κ1) is 17.0. The minimum atomic E-state index is -0.512. The fraction of sp³-hybridized carbons (Fsp3) is 0.158. The van der Waals surface area contributed by atoms with Gasteiger partial charge in [-0.15, -0.1) is 11.8 Å². The lowest BCUT2D eigenvalue weighted by molar-refractivity contribution is -0.146. The first-order valence-corrected chi connectivity index (χ1v) is 8.45. The van der Waals surface area contributed by atoms with Gasteiger partial charge in [0.1, 0.15) is 13.0 Å². The van der Waals surface area contributed by atoms with Crippen molar-refractivity contribution in [3.63, 3.8) is 0 Å². The lowest BCUT2D eigenvalue weighted by atomic mass is 10.1. The van der Waals surface area contributed by atoms with E-state index >= 15 is 0 Å². The highest BCUT2D eigenvalue weighted by Crippen LogP contribution is 2.20. The molecule has 2 aromatic rings. The van der Waals surface area contributed by atoms with Crippen LogP contribution in [0.15, 0.2) is 65.6 Å². The molecule has 0 aliphatic heterocycles. The highest BCUT2D eigenvalue weighted by molar-refractivity contribution is 7.98. The van der Waals surface area contributed by atoms with E-state index in [-0.39, 0.29) is 18.8 Å². The third-order valence-electron chi connectivity index (χ3n) is 3.15. The van der Waals surface area contributed by atoms with Crippen molar-refractivity contribution in [3.05, 3.63) is 71.8 Å². The maximum atomic E-state index is 11.8. The average Bonchev–Trinajstić information content (AvgIpc) is 2.59. The van der Waals surface area contributed by atoms with Gasteiger partial charge < -0.3 is 4.74 Å². The normalized spacial score (nSPS) is 10.7. The van der Waals surface area contributed by atoms with E-state index in [1.807, 2.05) is 60.9 Å². The van der Waals surface area contributed by atoms with Crippen molar-refractivity contribution in [2.24, 2.45) is 0 Å². The number of hydrogen-bond acceptors (Lipinski definition) is 4. The molecule has 0 aliphatic carbocycles. The number of thioether (sulfide) groups is 1. The molecule has 3 nitrogen and oxygen atoms in total. The Balaban J connectivity index is 1.84. The summed E-state index contributed by atoms with van der Waals surface area (Å²) < 4.78 is 5.10. The summed E-state index contributed by atoms with van der Waals surface area (Å²) in [4.78, 5) is 24.6. The van der Waals surface area contributed by atoms with E-state index in [4.69, 9.17) is 4.74 Å². The van der Waals surface area contributed by atoms with Crippen molar-refractivity contribution >= 4 is 29.6 Å². The van der Waals surface area contributed by atoms with Gasteiger partial charge in [-0.1, -0.05) is 54.6 Å². The third kappa shape index (κ3) is 5.75. The van der Waals surface area contributed by atoms with E-state index in [1.165, 1.54) is 6.08 Å². The number of benzene rings is 2. The second-order valence-electron chi connectivity index (χ2n) is 4.86. The van der Waals surface area contributed by atoms with Gasteiger partial charge >= 0.3 is 5.97 Å². The summed E-state index contributed by atoms with van der Waals surface area (Å²) in [5, 5.41) is 0. The standard InChI is InChI=1S/C19H18O3S/c1-23-18-10-6-5-9-16(18)11-12-17(20)13-19(21)22-14-15-7-3-2-4-8-15/h2-12H,13-14H2,1H3. The number of carbonyl (C=O) groups excluding carboxylic acids is 2. The zero-order valence-corrected chi connectivity index (χ0v) is 13.7. The number of rotatable bonds is 7. The van der Waals surface area contributed by atoms with Crippen molar-refractivity contribution in [1.82, 2.24) is 0 Å². The van der Waals surface area contributed by atoms with E-state index < -0.39 is 5.97 Å². The van der Waals surface area contributed by atoms with Gasteiger partial charge in [-0.25, -0.2) is 0 Å². The third-order valence-corrected chi connectivity index (χ3v) is 3.96. The Morgan fingerprint density at radius 1 is 1.04 bits per heavy atom. The molecule has 0 aliphatic rings. The topological polar surface area (TPSA) is 43.4 Å². The second-order valence-corrected chi connectivity index (χ2v) is 5.71. The summed E-state index contributed by atoms with van der Waals surface area (Å²) in [7, 11) is 0. The molecule has 0 bridgehead atoms. The molecular weight excluding hydrogens is 308 g/mol. The van der Waals surface area contributed by atoms with Gasteiger partial charge in [-0.3, -0.25) is 9.59 Å². The van der Waals surface area contributed by atoms with E-state index in [2.05, 4.69) is 0 Å². The molecule has 0 radical (unpaired) electrons. The zero-order valence-electron chi connectivity index (χ0n) is 12.9. The molecule has 0 heterocycles. The predicted octanol–water partition coefficient (Wildman–Crippen LogP) is 4.12. The maximum absolute atomic E-state index is 11.8. The molecule has 23 heavy (non-hydrogen) atoms. The summed E-state index contributed by atoms with van der Waals surface area (Å²) in [6, 6.07) is 17.2. The molecule has 2 rings (SSSR count). The summed E-state index contributed by atoms with van der Waals surface area (Å²) in [5.74, 6) is -0.777. The molecule has 0 N–H and O–H groups in total. The summed E-state index contributed by atoms with van der Waals surface area (Å²) in [6.07, 6.45) is 4.90. The first-order chi connectivity index (χ1) is 11.2. The number of ketones is 1. The van der Waals surface area contributed by atoms with Crippen molar-refractivity contribution in [1.29, 1.82) is 0 Å². The first-order valence-electron chi connectivity index (χ1n) is 7.22. The Labute approximate surface area is 140 Å². The summed E-state index contributed by atoms with van der Waals surface area (Å²) in [5.41, 5.74) is 1.86. The van der Waals surface area contributed by atoms with Gasteiger partial charge in [-0.05, 0) is 29.5 Å². The Morgan fingerprint density at radius 2 is 1.74 bits per heavy atom. The monoisotopic (exact) mass is 326 g/mol. The predicted molar refractivity (Wildman–Crippen MR) is 93.1 cm³/mol. The van der Waals surface area contributed by atoms with Gasteiger partial charge in [0.15, 0.2) is 5.78 Å². The van der Waals surface area contributed by atoms with Crippen LogP contribution in [0.5, 0.6) is 0 Å². The second kappa shape index (κ2) is 8.96. The maximum Gasteiger partial charge on any atom is 0.314 e. The van der Waals surface area contributed by atoms with E-state index in [0.29, 0.717) is 0 Å². The SMILES string of the molecule is CSc1ccccc1C=CC(=O)CC(=O)OCc1ccccc1. The van der Waals surface area contributed by atoms with E-state index in [1.54, 1.807) is 17.8 Å². The molecule has 4 heteroatoms. The van der Waals surface area contributed by atoms with Crippen LogP contribution in [0.25, 0.3) is 6.08 Å². The lowest BCUT2D eigenvalue weighted by Crippen LogP contribution is -2.09. The number of carbonyl (C=O) groups is 2. The van der Waals surface area contributed by atoms with E-state index in [9.17, 15) is 9.59 Å². The van der Waals surface area contributed by atoms with Crippen LogP contribution < -0.4 is 0 Å². The molecule has 0 fully saturated rings. The summed E-state index contributed by atoms with van der Waals surface area (Å²) >= 11 is 1.61. The van der Waals surface area contributed by atoms with Gasteiger partial charge in [0.2, 0.25) is 0 Å². The number of esters is 1. The smallest absolute Gasteiger partial charge is 0.314 e. The number of hydrogen-bond donors (Lipinski definition) is 0. The van der Waals surface area contributed by atoms with Gasteiger partial charge in [0.25, 0.3) is 0 Å². The van der Waals surface area contributed by atoms with Gasteiger partial charge in [-0.2, -0.15) is 0 Å². The molecule has 0 saturated heterocycles. The Kier molecular flexibility index (Phi) is 6.63. The Hall–Kier alpha value is -2.33. The highest BCUT2D eigenvalue weighted by Gasteiger charge is 2.08. The van der Waals surface area contributed by atoms with Crippen LogP contribution in [0.3, 0.4) is 0 Å². The minimum absolute atomic E-state index is 0.186. The molecule has 0 atom stereocenters. The molecule has 0 amide bonds. The number of allylic oxidation sites excluding steroid dienone is 1. The number of ether oxygens (including phenoxy) is 1. The van der Waals surface area contributed by atoms with Gasteiger partial charge in [0.05, 0.1) is 0 Å². The highest BCUT2D eigenvalue weighted by atomic mass is 32.2. The molecular formula is C19H18O3S. The van der Waals surface area contributed by atoms with Crippen LogP contribution in [-0.2, 0) is 20.9 Å². The molecule has 0 unspecified atom stereocenters. The largest absolute Gasteiger partial charge is 0.460 e. The van der Waals surface area contributed by atoms with Crippen molar-refractivity contribution in [2.75, 3.05) is 6.26 Å². The molecule has 118 valence electrons. The average molecular weight is 326 g/mol. The fourth-order valence-corrected chi connectivity index (χ4v) is 2.56. The van der Waals surface area contributed by atoms with Crippen LogP contribution in [0.4, 0.5) is 0 Å². The molecule has 2 aromatic carbocycles. The van der Waals surface area contributed by atoms with Crippen LogP contribution in [0.1, 0.15) is 17.5 Å². The Morgan fingerprint density at radius 3 is 2.48 bits per heavy atom. The molecule has 0 aromatic heterocycles. The van der Waals surface area contributed by atoms with Gasteiger partial charge in [0, 0.05) is 4.90 Å². The van der Waals surface area contributed by atoms with Crippen LogP contribution in [0.2, 0.25) is 0 Å².